The predicted molar refractivity (Wildman–Crippen MR) is 51.5 cm³/mol. The number of phenols is 1. The second-order valence-corrected chi connectivity index (χ2v) is 3.51. The summed E-state index contributed by atoms with van der Waals surface area (Å²) in [5.74, 6) is -0.479. The monoisotopic (exact) mass is 182 g/mol. The minimum Gasteiger partial charge on any atom is -0.505 e. The topological polar surface area (TPSA) is 20.2 Å². The first-order valence-electron chi connectivity index (χ1n) is 4.57. The molecule has 13 heavy (non-hydrogen) atoms. The molecular formula is C11H15FO. The summed E-state index contributed by atoms with van der Waals surface area (Å²) in [5.41, 5.74) is 2.01. The first-order valence-corrected chi connectivity index (χ1v) is 4.57. The summed E-state index contributed by atoms with van der Waals surface area (Å²) < 4.78 is 13.0. The van der Waals surface area contributed by atoms with Gasteiger partial charge in [0, 0.05) is 0 Å². The van der Waals surface area contributed by atoms with Gasteiger partial charge in [0.25, 0.3) is 0 Å². The maximum absolute atomic E-state index is 13.0. The van der Waals surface area contributed by atoms with Crippen molar-refractivity contribution in [2.45, 2.75) is 33.1 Å². The van der Waals surface area contributed by atoms with Crippen molar-refractivity contribution >= 4 is 0 Å². The maximum atomic E-state index is 13.0. The fourth-order valence-corrected chi connectivity index (χ4v) is 1.46. The van der Waals surface area contributed by atoms with Gasteiger partial charge in [0.2, 0.25) is 0 Å². The Labute approximate surface area is 78.2 Å². The molecule has 0 spiro atoms. The Hall–Kier alpha value is -1.05. The molecule has 1 aromatic rings. The fourth-order valence-electron chi connectivity index (χ4n) is 1.46. The highest BCUT2D eigenvalue weighted by Gasteiger charge is 2.10. The molecule has 0 saturated carbocycles. The summed E-state index contributed by atoms with van der Waals surface area (Å²) in [6, 6.07) is 2.95. The molecule has 1 nitrogen and oxygen atoms in total. The molecule has 0 bridgehead atoms. The highest BCUT2D eigenvalue weighted by Crippen LogP contribution is 2.26. The van der Waals surface area contributed by atoms with E-state index in [0.717, 1.165) is 17.5 Å². The van der Waals surface area contributed by atoms with Gasteiger partial charge in [0.05, 0.1) is 0 Å². The Morgan fingerprint density at radius 3 is 2.46 bits per heavy atom. The predicted octanol–water partition coefficient (Wildman–Crippen LogP) is 3.22. The molecule has 2 heteroatoms. The van der Waals surface area contributed by atoms with Crippen molar-refractivity contribution in [3.63, 3.8) is 0 Å². The quantitative estimate of drug-likeness (QED) is 0.744. The average molecular weight is 182 g/mol. The molecule has 0 fully saturated rings. The van der Waals surface area contributed by atoms with Crippen LogP contribution in [0.4, 0.5) is 4.39 Å². The molecule has 0 atom stereocenters. The van der Waals surface area contributed by atoms with Crippen LogP contribution in [0.1, 0.15) is 37.8 Å². The van der Waals surface area contributed by atoms with Gasteiger partial charge in [-0.3, -0.25) is 0 Å². The van der Waals surface area contributed by atoms with Gasteiger partial charge >= 0.3 is 0 Å². The van der Waals surface area contributed by atoms with Gasteiger partial charge in [-0.2, -0.15) is 0 Å². The third-order valence-electron chi connectivity index (χ3n) is 2.21. The number of phenolic OH excluding ortho intramolecular Hbond substituents is 1. The van der Waals surface area contributed by atoms with Crippen molar-refractivity contribution in [2.75, 3.05) is 0 Å². The highest BCUT2D eigenvalue weighted by molar-refractivity contribution is 5.37. The minimum atomic E-state index is -0.527. The van der Waals surface area contributed by atoms with E-state index in [9.17, 15) is 4.39 Å². The van der Waals surface area contributed by atoms with Crippen molar-refractivity contribution < 1.29 is 9.50 Å². The SMILES string of the molecule is CCc1cc(O)c(F)cc1C(C)C. The summed E-state index contributed by atoms with van der Waals surface area (Å²) in [4.78, 5) is 0. The lowest BCUT2D eigenvalue weighted by molar-refractivity contribution is 0.430. The van der Waals surface area contributed by atoms with E-state index in [1.54, 1.807) is 0 Å². The molecule has 0 heterocycles. The largest absolute Gasteiger partial charge is 0.505 e. The van der Waals surface area contributed by atoms with E-state index >= 15 is 0 Å². The number of rotatable bonds is 2. The summed E-state index contributed by atoms with van der Waals surface area (Å²) in [6.45, 7) is 6.04. The summed E-state index contributed by atoms with van der Waals surface area (Å²) in [5, 5.41) is 9.16. The van der Waals surface area contributed by atoms with E-state index in [4.69, 9.17) is 5.11 Å². The molecule has 0 aliphatic carbocycles. The minimum absolute atomic E-state index is 0.249. The van der Waals surface area contributed by atoms with Crippen LogP contribution in [0.3, 0.4) is 0 Å². The molecule has 0 aliphatic heterocycles. The Morgan fingerprint density at radius 1 is 1.38 bits per heavy atom. The van der Waals surface area contributed by atoms with Crippen LogP contribution in [-0.2, 0) is 6.42 Å². The number of halogens is 1. The zero-order chi connectivity index (χ0) is 10.0. The van der Waals surface area contributed by atoms with Crippen LogP contribution >= 0.6 is 0 Å². The smallest absolute Gasteiger partial charge is 0.165 e. The molecule has 1 aromatic carbocycles. The Bertz CT molecular complexity index is 305. The summed E-state index contributed by atoms with van der Waals surface area (Å²) in [7, 11) is 0. The van der Waals surface area contributed by atoms with E-state index < -0.39 is 5.82 Å². The standard InChI is InChI=1S/C11H15FO/c1-4-8-5-11(13)10(12)6-9(8)7(2)3/h5-7,13H,4H2,1-3H3. The number of benzene rings is 1. The molecule has 0 unspecified atom stereocenters. The normalized spacial score (nSPS) is 10.8. The number of hydrogen-bond acceptors (Lipinski definition) is 1. The Kier molecular flexibility index (Phi) is 2.91. The molecule has 0 saturated heterocycles. The van der Waals surface area contributed by atoms with E-state index in [-0.39, 0.29) is 5.75 Å². The molecule has 0 radical (unpaired) electrons. The Balaban J connectivity index is 3.25. The number of aryl methyl sites for hydroxylation is 1. The van der Waals surface area contributed by atoms with Gasteiger partial charge in [-0.25, -0.2) is 4.39 Å². The van der Waals surface area contributed by atoms with Gasteiger partial charge in [-0.1, -0.05) is 20.8 Å². The van der Waals surface area contributed by atoms with Crippen LogP contribution in [0.25, 0.3) is 0 Å². The van der Waals surface area contributed by atoms with Crippen molar-refractivity contribution in [3.05, 3.63) is 29.1 Å². The molecule has 0 aromatic heterocycles. The third-order valence-corrected chi connectivity index (χ3v) is 2.21. The zero-order valence-corrected chi connectivity index (χ0v) is 8.26. The van der Waals surface area contributed by atoms with E-state index in [1.807, 2.05) is 20.8 Å². The summed E-state index contributed by atoms with van der Waals surface area (Å²) >= 11 is 0. The van der Waals surface area contributed by atoms with Gasteiger partial charge < -0.3 is 5.11 Å². The van der Waals surface area contributed by atoms with E-state index in [1.165, 1.54) is 12.1 Å². The lowest BCUT2D eigenvalue weighted by atomic mass is 9.95. The van der Waals surface area contributed by atoms with Crippen LogP contribution < -0.4 is 0 Å². The first-order chi connectivity index (χ1) is 6.06. The van der Waals surface area contributed by atoms with Crippen LogP contribution in [-0.4, -0.2) is 5.11 Å². The first kappa shape index (κ1) is 10.0. The molecule has 1 rings (SSSR count). The van der Waals surface area contributed by atoms with Crippen LogP contribution in [0.5, 0.6) is 5.75 Å². The lowest BCUT2D eigenvalue weighted by Crippen LogP contribution is -1.96. The number of aromatic hydroxyl groups is 1. The van der Waals surface area contributed by atoms with E-state index in [2.05, 4.69) is 0 Å². The number of hydrogen-bond donors (Lipinski definition) is 1. The van der Waals surface area contributed by atoms with E-state index in [0.29, 0.717) is 5.92 Å². The third kappa shape index (κ3) is 2.00. The highest BCUT2D eigenvalue weighted by atomic mass is 19.1. The van der Waals surface area contributed by atoms with Gasteiger partial charge in [-0.15, -0.1) is 0 Å². The zero-order valence-electron chi connectivity index (χ0n) is 8.26. The Morgan fingerprint density at radius 2 is 2.00 bits per heavy atom. The molecular weight excluding hydrogens is 167 g/mol. The summed E-state index contributed by atoms with van der Waals surface area (Å²) in [6.07, 6.45) is 0.821. The van der Waals surface area contributed by atoms with Gasteiger partial charge in [0.15, 0.2) is 11.6 Å². The lowest BCUT2D eigenvalue weighted by Gasteiger charge is -2.12. The molecule has 0 amide bonds. The van der Waals surface area contributed by atoms with Crippen molar-refractivity contribution in [2.24, 2.45) is 0 Å². The average Bonchev–Trinajstić information content (AvgIpc) is 2.08. The van der Waals surface area contributed by atoms with Crippen molar-refractivity contribution in [1.82, 2.24) is 0 Å². The van der Waals surface area contributed by atoms with Crippen LogP contribution in [0.2, 0.25) is 0 Å². The van der Waals surface area contributed by atoms with Crippen molar-refractivity contribution in [1.29, 1.82) is 0 Å². The molecule has 1 N–H and O–H groups in total. The second kappa shape index (κ2) is 3.77. The van der Waals surface area contributed by atoms with Gasteiger partial charge in [-0.05, 0) is 35.6 Å². The second-order valence-electron chi connectivity index (χ2n) is 3.51. The fraction of sp³-hybridized carbons (Fsp3) is 0.455. The van der Waals surface area contributed by atoms with Crippen molar-refractivity contribution in [3.8, 4) is 5.75 Å². The van der Waals surface area contributed by atoms with Crippen LogP contribution in [0.15, 0.2) is 12.1 Å². The molecule has 72 valence electrons. The molecule has 0 aliphatic rings. The maximum Gasteiger partial charge on any atom is 0.165 e. The van der Waals surface area contributed by atoms with Crippen LogP contribution in [0, 0.1) is 5.82 Å². The van der Waals surface area contributed by atoms with Gasteiger partial charge in [0.1, 0.15) is 0 Å².